The molecular weight excluding hydrogens is 212 g/mol. The van der Waals surface area contributed by atoms with Gasteiger partial charge in [-0.1, -0.05) is 6.07 Å². The van der Waals surface area contributed by atoms with E-state index in [4.69, 9.17) is 4.74 Å². The van der Waals surface area contributed by atoms with Crippen molar-refractivity contribution in [1.82, 2.24) is 5.32 Å². The molecule has 1 saturated carbocycles. The molecule has 0 amide bonds. The quantitative estimate of drug-likeness (QED) is 0.754. The molecule has 1 aromatic rings. The third-order valence-electron chi connectivity index (χ3n) is 2.50. The number of ether oxygens (including phenoxy) is 1. The standard InChI is InChI=1S/C12H15F2NO/c13-10-3-1-4-11(14)12(10)16-8-2-7-15-9-5-6-9/h1,3-4,9,15H,2,5-8H2. The van der Waals surface area contributed by atoms with Gasteiger partial charge in [-0.05, 0) is 37.9 Å². The van der Waals surface area contributed by atoms with Gasteiger partial charge in [-0.2, -0.15) is 0 Å². The Balaban J connectivity index is 1.71. The number of hydrogen-bond donors (Lipinski definition) is 1. The second-order valence-corrected chi connectivity index (χ2v) is 3.98. The summed E-state index contributed by atoms with van der Waals surface area (Å²) in [5.41, 5.74) is 0. The van der Waals surface area contributed by atoms with E-state index in [-0.39, 0.29) is 5.75 Å². The Morgan fingerprint density at radius 3 is 2.56 bits per heavy atom. The summed E-state index contributed by atoms with van der Waals surface area (Å²) in [6.07, 6.45) is 3.23. The zero-order chi connectivity index (χ0) is 11.4. The van der Waals surface area contributed by atoms with Gasteiger partial charge in [-0.15, -0.1) is 0 Å². The Bertz CT molecular complexity index is 333. The van der Waals surface area contributed by atoms with Gasteiger partial charge in [0.25, 0.3) is 0 Å². The van der Waals surface area contributed by atoms with E-state index >= 15 is 0 Å². The van der Waals surface area contributed by atoms with Gasteiger partial charge >= 0.3 is 0 Å². The fourth-order valence-electron chi connectivity index (χ4n) is 1.46. The molecule has 1 aliphatic carbocycles. The third kappa shape index (κ3) is 3.17. The summed E-state index contributed by atoms with van der Waals surface area (Å²) in [5, 5.41) is 3.30. The van der Waals surface area contributed by atoms with E-state index in [2.05, 4.69) is 5.32 Å². The monoisotopic (exact) mass is 227 g/mol. The van der Waals surface area contributed by atoms with E-state index in [0.717, 1.165) is 13.0 Å². The molecule has 1 aliphatic rings. The number of rotatable bonds is 6. The van der Waals surface area contributed by atoms with Crippen LogP contribution in [0.15, 0.2) is 18.2 Å². The van der Waals surface area contributed by atoms with Crippen LogP contribution in [0.3, 0.4) is 0 Å². The smallest absolute Gasteiger partial charge is 0.190 e. The largest absolute Gasteiger partial charge is 0.488 e. The van der Waals surface area contributed by atoms with Crippen molar-refractivity contribution in [2.45, 2.75) is 25.3 Å². The molecule has 1 N–H and O–H groups in total. The lowest BCUT2D eigenvalue weighted by Gasteiger charge is -2.08. The van der Waals surface area contributed by atoms with Crippen molar-refractivity contribution < 1.29 is 13.5 Å². The molecule has 4 heteroatoms. The van der Waals surface area contributed by atoms with Crippen molar-refractivity contribution >= 4 is 0 Å². The van der Waals surface area contributed by atoms with Gasteiger partial charge in [0.1, 0.15) is 0 Å². The van der Waals surface area contributed by atoms with Crippen molar-refractivity contribution in [3.63, 3.8) is 0 Å². The molecule has 0 aromatic heterocycles. The zero-order valence-corrected chi connectivity index (χ0v) is 9.01. The Morgan fingerprint density at radius 2 is 1.94 bits per heavy atom. The Hall–Kier alpha value is -1.16. The lowest BCUT2D eigenvalue weighted by Crippen LogP contribution is -2.19. The van der Waals surface area contributed by atoms with Crippen LogP contribution in [0.2, 0.25) is 0 Å². The normalized spacial score (nSPS) is 15.1. The summed E-state index contributed by atoms with van der Waals surface area (Å²) in [6.45, 7) is 1.16. The van der Waals surface area contributed by atoms with Gasteiger partial charge in [0.15, 0.2) is 17.4 Å². The van der Waals surface area contributed by atoms with Crippen LogP contribution in [-0.2, 0) is 0 Å². The molecule has 0 radical (unpaired) electrons. The molecule has 0 heterocycles. The summed E-state index contributed by atoms with van der Waals surface area (Å²) in [6, 6.07) is 4.37. The Morgan fingerprint density at radius 1 is 1.25 bits per heavy atom. The van der Waals surface area contributed by atoms with E-state index in [1.807, 2.05) is 0 Å². The van der Waals surface area contributed by atoms with Gasteiger partial charge in [-0.3, -0.25) is 0 Å². The Kier molecular flexibility index (Phi) is 3.72. The van der Waals surface area contributed by atoms with Crippen molar-refractivity contribution in [1.29, 1.82) is 0 Å². The molecular formula is C12H15F2NO. The Labute approximate surface area is 93.6 Å². The van der Waals surface area contributed by atoms with E-state index in [9.17, 15) is 8.78 Å². The second kappa shape index (κ2) is 5.25. The number of halogens is 2. The molecule has 16 heavy (non-hydrogen) atoms. The van der Waals surface area contributed by atoms with Gasteiger partial charge in [0.2, 0.25) is 0 Å². The highest BCUT2D eigenvalue weighted by Gasteiger charge is 2.19. The fourth-order valence-corrected chi connectivity index (χ4v) is 1.46. The molecule has 0 aliphatic heterocycles. The van der Waals surface area contributed by atoms with Crippen LogP contribution in [0.5, 0.6) is 5.75 Å². The first-order valence-corrected chi connectivity index (χ1v) is 5.57. The van der Waals surface area contributed by atoms with Crippen LogP contribution in [-0.4, -0.2) is 19.2 Å². The van der Waals surface area contributed by atoms with Gasteiger partial charge < -0.3 is 10.1 Å². The van der Waals surface area contributed by atoms with Gasteiger partial charge in [0.05, 0.1) is 6.61 Å². The van der Waals surface area contributed by atoms with Crippen LogP contribution in [0.4, 0.5) is 8.78 Å². The second-order valence-electron chi connectivity index (χ2n) is 3.98. The number of benzene rings is 1. The van der Waals surface area contributed by atoms with Gasteiger partial charge in [0, 0.05) is 6.04 Å². The minimum atomic E-state index is -0.643. The maximum Gasteiger partial charge on any atom is 0.190 e. The predicted molar refractivity (Wildman–Crippen MR) is 57.5 cm³/mol. The molecule has 0 unspecified atom stereocenters. The van der Waals surface area contributed by atoms with Gasteiger partial charge in [-0.25, -0.2) is 8.78 Å². The van der Waals surface area contributed by atoms with Crippen molar-refractivity contribution in [3.8, 4) is 5.75 Å². The summed E-state index contributed by atoms with van der Waals surface area (Å²) in [4.78, 5) is 0. The predicted octanol–water partition coefficient (Wildman–Crippen LogP) is 2.49. The average molecular weight is 227 g/mol. The van der Waals surface area contributed by atoms with Crippen LogP contribution < -0.4 is 10.1 Å². The molecule has 2 rings (SSSR count). The molecule has 0 saturated heterocycles. The summed E-state index contributed by atoms with van der Waals surface area (Å²) in [5.74, 6) is -1.56. The average Bonchev–Trinajstić information content (AvgIpc) is 3.05. The zero-order valence-electron chi connectivity index (χ0n) is 9.01. The van der Waals surface area contributed by atoms with E-state index in [1.54, 1.807) is 0 Å². The topological polar surface area (TPSA) is 21.3 Å². The van der Waals surface area contributed by atoms with Crippen LogP contribution in [0, 0.1) is 11.6 Å². The van der Waals surface area contributed by atoms with Crippen molar-refractivity contribution in [2.24, 2.45) is 0 Å². The maximum absolute atomic E-state index is 13.1. The minimum absolute atomic E-state index is 0.270. The van der Waals surface area contributed by atoms with E-state index in [1.165, 1.54) is 31.0 Å². The summed E-state index contributed by atoms with van der Waals surface area (Å²) >= 11 is 0. The lowest BCUT2D eigenvalue weighted by atomic mass is 10.3. The lowest BCUT2D eigenvalue weighted by molar-refractivity contribution is 0.278. The number of nitrogens with one attached hydrogen (secondary N) is 1. The van der Waals surface area contributed by atoms with E-state index in [0.29, 0.717) is 12.6 Å². The molecule has 0 spiro atoms. The van der Waals surface area contributed by atoms with Crippen LogP contribution >= 0.6 is 0 Å². The van der Waals surface area contributed by atoms with Crippen molar-refractivity contribution in [2.75, 3.05) is 13.2 Å². The van der Waals surface area contributed by atoms with E-state index < -0.39 is 11.6 Å². The molecule has 0 bridgehead atoms. The SMILES string of the molecule is Fc1cccc(F)c1OCCCNC1CC1. The highest BCUT2D eigenvalue weighted by molar-refractivity contribution is 5.25. The fraction of sp³-hybridized carbons (Fsp3) is 0.500. The first kappa shape index (κ1) is 11.3. The summed E-state index contributed by atoms with van der Waals surface area (Å²) < 4.78 is 31.3. The highest BCUT2D eigenvalue weighted by atomic mass is 19.1. The number of para-hydroxylation sites is 1. The van der Waals surface area contributed by atoms with Crippen molar-refractivity contribution in [3.05, 3.63) is 29.8 Å². The van der Waals surface area contributed by atoms with Crippen LogP contribution in [0.1, 0.15) is 19.3 Å². The third-order valence-corrected chi connectivity index (χ3v) is 2.50. The van der Waals surface area contributed by atoms with Crippen LogP contribution in [0.25, 0.3) is 0 Å². The minimum Gasteiger partial charge on any atom is -0.488 e. The molecule has 1 fully saturated rings. The first-order chi connectivity index (χ1) is 7.77. The number of hydrogen-bond acceptors (Lipinski definition) is 2. The molecule has 88 valence electrons. The first-order valence-electron chi connectivity index (χ1n) is 5.57. The molecule has 2 nitrogen and oxygen atoms in total. The maximum atomic E-state index is 13.1. The molecule has 0 atom stereocenters. The highest BCUT2D eigenvalue weighted by Crippen LogP contribution is 2.21. The molecule has 1 aromatic carbocycles. The summed E-state index contributed by atoms with van der Waals surface area (Å²) in [7, 11) is 0.